The molecule has 0 atom stereocenters. The van der Waals surface area contributed by atoms with Crippen molar-refractivity contribution >= 4 is 24.0 Å². The van der Waals surface area contributed by atoms with Crippen LogP contribution in [0.15, 0.2) is 18.2 Å². The zero-order valence-corrected chi connectivity index (χ0v) is 6.95. The summed E-state index contributed by atoms with van der Waals surface area (Å²) in [6.07, 6.45) is 0. The van der Waals surface area contributed by atoms with Crippen molar-refractivity contribution in [3.05, 3.63) is 34.3 Å². The minimum atomic E-state index is 0. The third kappa shape index (κ3) is 1.75. The van der Waals surface area contributed by atoms with Gasteiger partial charge in [-0.25, -0.2) is 0 Å². The fourth-order valence-electron chi connectivity index (χ4n) is 0.571. The van der Waals surface area contributed by atoms with E-state index in [9.17, 15) is 5.21 Å². The van der Waals surface area contributed by atoms with Gasteiger partial charge in [-0.3, -0.25) is 0 Å². The predicted octanol–water partition coefficient (Wildman–Crippen LogP) is 1.70. The third-order valence-corrected chi connectivity index (χ3v) is 1.37. The Bertz CT molecular complexity index is 207. The molecule has 0 aliphatic rings. The SMILES string of the molecule is Cc1cccc(Cl)[n+]1[O-].Cl. The fraction of sp³-hybridized carbons (Fsp3) is 0.167. The van der Waals surface area contributed by atoms with Gasteiger partial charge in [0.25, 0.3) is 5.15 Å². The molecule has 0 aromatic carbocycles. The van der Waals surface area contributed by atoms with E-state index < -0.39 is 0 Å². The van der Waals surface area contributed by atoms with E-state index in [2.05, 4.69) is 0 Å². The zero-order chi connectivity index (χ0) is 6.85. The van der Waals surface area contributed by atoms with Crippen LogP contribution in [-0.4, -0.2) is 0 Å². The van der Waals surface area contributed by atoms with Crippen LogP contribution in [-0.2, 0) is 0 Å². The van der Waals surface area contributed by atoms with E-state index in [0.29, 0.717) is 10.4 Å². The summed E-state index contributed by atoms with van der Waals surface area (Å²) in [6.45, 7) is 1.71. The molecule has 1 aromatic rings. The van der Waals surface area contributed by atoms with Gasteiger partial charge in [0, 0.05) is 19.1 Å². The molecule has 4 heteroatoms. The monoisotopic (exact) mass is 179 g/mol. The number of hydrogen-bond acceptors (Lipinski definition) is 1. The maximum Gasteiger partial charge on any atom is 0.286 e. The maximum absolute atomic E-state index is 10.8. The van der Waals surface area contributed by atoms with Gasteiger partial charge in [0.1, 0.15) is 0 Å². The Hall–Kier alpha value is -0.470. The van der Waals surface area contributed by atoms with Gasteiger partial charge in [-0.1, -0.05) is 0 Å². The van der Waals surface area contributed by atoms with Gasteiger partial charge in [-0.05, 0) is 17.7 Å². The summed E-state index contributed by atoms with van der Waals surface area (Å²) in [7, 11) is 0. The molecule has 1 rings (SSSR count). The molecule has 0 amide bonds. The van der Waals surface area contributed by atoms with E-state index in [1.165, 1.54) is 0 Å². The molecule has 0 bridgehead atoms. The average Bonchev–Trinajstić information content (AvgIpc) is 1.83. The number of halogens is 2. The molecule has 0 spiro atoms. The van der Waals surface area contributed by atoms with Crippen molar-refractivity contribution in [3.63, 3.8) is 0 Å². The van der Waals surface area contributed by atoms with Gasteiger partial charge in [-0.2, -0.15) is 4.73 Å². The summed E-state index contributed by atoms with van der Waals surface area (Å²) in [6, 6.07) is 5.01. The van der Waals surface area contributed by atoms with Crippen molar-refractivity contribution in [2.75, 3.05) is 0 Å². The molecule has 0 N–H and O–H groups in total. The molecule has 1 heterocycles. The number of aromatic nitrogens is 1. The van der Waals surface area contributed by atoms with Crippen molar-refractivity contribution < 1.29 is 4.73 Å². The minimum Gasteiger partial charge on any atom is -0.617 e. The van der Waals surface area contributed by atoms with Gasteiger partial charge < -0.3 is 5.21 Å². The van der Waals surface area contributed by atoms with E-state index in [4.69, 9.17) is 11.6 Å². The van der Waals surface area contributed by atoms with Crippen LogP contribution in [0.2, 0.25) is 5.15 Å². The molecule has 0 fully saturated rings. The standard InChI is InChI=1S/C6H6ClNO.ClH/c1-5-3-2-4-6(7)8(5)9;/h2-4H,1H3;1H. The molecular formula is C6H7Cl2NO. The predicted molar refractivity (Wildman–Crippen MR) is 42.4 cm³/mol. The second-order valence-electron chi connectivity index (χ2n) is 1.78. The summed E-state index contributed by atoms with van der Waals surface area (Å²) in [5, 5.41) is 11.0. The lowest BCUT2D eigenvalue weighted by molar-refractivity contribution is -0.609. The summed E-state index contributed by atoms with van der Waals surface area (Å²) in [5.74, 6) is 0. The molecule has 0 aliphatic carbocycles. The molecular weight excluding hydrogens is 173 g/mol. The first-order valence-electron chi connectivity index (χ1n) is 2.56. The molecule has 0 aliphatic heterocycles. The van der Waals surface area contributed by atoms with Crippen LogP contribution in [0.5, 0.6) is 0 Å². The Kier molecular flexibility index (Phi) is 3.47. The largest absolute Gasteiger partial charge is 0.617 e. The van der Waals surface area contributed by atoms with Crippen LogP contribution >= 0.6 is 24.0 Å². The second kappa shape index (κ2) is 3.64. The minimum absolute atomic E-state index is 0. The van der Waals surface area contributed by atoms with Crippen molar-refractivity contribution in [1.29, 1.82) is 0 Å². The van der Waals surface area contributed by atoms with Crippen LogP contribution in [0.3, 0.4) is 0 Å². The molecule has 2 nitrogen and oxygen atoms in total. The number of pyridine rings is 1. The summed E-state index contributed by atoms with van der Waals surface area (Å²) >= 11 is 5.46. The normalized spacial score (nSPS) is 8.60. The van der Waals surface area contributed by atoms with Gasteiger partial charge in [-0.15, -0.1) is 12.4 Å². The highest BCUT2D eigenvalue weighted by Gasteiger charge is 2.00. The van der Waals surface area contributed by atoms with E-state index in [-0.39, 0.29) is 17.6 Å². The first-order chi connectivity index (χ1) is 4.22. The van der Waals surface area contributed by atoms with Gasteiger partial charge in [0.2, 0.25) is 0 Å². The second-order valence-corrected chi connectivity index (χ2v) is 2.17. The molecule has 0 radical (unpaired) electrons. The van der Waals surface area contributed by atoms with Crippen LogP contribution in [0, 0.1) is 12.1 Å². The highest BCUT2D eigenvalue weighted by molar-refractivity contribution is 6.28. The van der Waals surface area contributed by atoms with Crippen molar-refractivity contribution in [2.24, 2.45) is 0 Å². The van der Waals surface area contributed by atoms with Crippen molar-refractivity contribution in [2.45, 2.75) is 6.92 Å². The Morgan fingerprint density at radius 2 is 2.10 bits per heavy atom. The zero-order valence-electron chi connectivity index (χ0n) is 5.37. The number of nitrogens with zero attached hydrogens (tertiary/aromatic N) is 1. The third-order valence-electron chi connectivity index (χ3n) is 1.09. The van der Waals surface area contributed by atoms with E-state index in [1.54, 1.807) is 25.1 Å². The first kappa shape index (κ1) is 9.53. The Balaban J connectivity index is 0.000000810. The average molecular weight is 180 g/mol. The van der Waals surface area contributed by atoms with E-state index in [1.807, 2.05) is 0 Å². The van der Waals surface area contributed by atoms with Crippen molar-refractivity contribution in [3.8, 4) is 0 Å². The van der Waals surface area contributed by atoms with Gasteiger partial charge >= 0.3 is 0 Å². The molecule has 0 saturated heterocycles. The lowest BCUT2D eigenvalue weighted by atomic mass is 10.4. The highest BCUT2D eigenvalue weighted by Crippen LogP contribution is 2.00. The summed E-state index contributed by atoms with van der Waals surface area (Å²) < 4.78 is 0.682. The van der Waals surface area contributed by atoms with Crippen LogP contribution in [0.25, 0.3) is 0 Å². The fourth-order valence-corrected chi connectivity index (χ4v) is 0.777. The molecule has 0 unspecified atom stereocenters. The Morgan fingerprint density at radius 3 is 2.50 bits per heavy atom. The molecule has 1 aromatic heterocycles. The van der Waals surface area contributed by atoms with Gasteiger partial charge in [0.15, 0.2) is 5.69 Å². The first-order valence-corrected chi connectivity index (χ1v) is 2.94. The number of rotatable bonds is 0. The lowest BCUT2D eigenvalue weighted by Crippen LogP contribution is -2.30. The van der Waals surface area contributed by atoms with Crippen LogP contribution in [0.4, 0.5) is 0 Å². The molecule has 56 valence electrons. The highest BCUT2D eigenvalue weighted by atomic mass is 35.5. The maximum atomic E-state index is 10.8. The van der Waals surface area contributed by atoms with Crippen LogP contribution < -0.4 is 4.73 Å². The van der Waals surface area contributed by atoms with Crippen LogP contribution in [0.1, 0.15) is 5.69 Å². The smallest absolute Gasteiger partial charge is 0.286 e. The quantitative estimate of drug-likeness (QED) is 0.339. The molecule has 0 saturated carbocycles. The number of aryl methyl sites for hydroxylation is 1. The van der Waals surface area contributed by atoms with E-state index in [0.717, 1.165) is 0 Å². The summed E-state index contributed by atoms with van der Waals surface area (Å²) in [5.41, 5.74) is 0.613. The molecule has 10 heavy (non-hydrogen) atoms. The summed E-state index contributed by atoms with van der Waals surface area (Å²) in [4.78, 5) is 0. The Morgan fingerprint density at radius 1 is 1.50 bits per heavy atom. The van der Waals surface area contributed by atoms with Crippen molar-refractivity contribution in [1.82, 2.24) is 0 Å². The number of hydrogen-bond donors (Lipinski definition) is 0. The lowest BCUT2D eigenvalue weighted by Gasteiger charge is -1.99. The van der Waals surface area contributed by atoms with E-state index >= 15 is 0 Å². The topological polar surface area (TPSA) is 26.9 Å². The van der Waals surface area contributed by atoms with Gasteiger partial charge in [0.05, 0.1) is 0 Å². The Labute approximate surface area is 70.4 Å².